The predicted octanol–water partition coefficient (Wildman–Crippen LogP) is 5.83. The number of para-hydroxylation sites is 1. The number of carbonyl (C=O) groups is 3. The van der Waals surface area contributed by atoms with Crippen molar-refractivity contribution >= 4 is 57.0 Å². The molecule has 39 heavy (non-hydrogen) atoms. The Kier molecular flexibility index (Phi) is 9.66. The first-order valence-corrected chi connectivity index (χ1v) is 13.5. The maximum atomic E-state index is 12.8. The van der Waals surface area contributed by atoms with Crippen LogP contribution in [0.3, 0.4) is 0 Å². The summed E-state index contributed by atoms with van der Waals surface area (Å²) in [5.74, 6) is -0.569. The van der Waals surface area contributed by atoms with E-state index in [1.165, 1.54) is 17.6 Å². The van der Waals surface area contributed by atoms with E-state index < -0.39 is 17.8 Å². The first-order chi connectivity index (χ1) is 19.0. The molecule has 4 aromatic rings. The molecule has 8 nitrogen and oxygen atoms in total. The molecule has 2 N–H and O–H groups in total. The summed E-state index contributed by atoms with van der Waals surface area (Å²) in [6, 6.07) is 20.9. The topological polar surface area (TPSA) is 106 Å². The van der Waals surface area contributed by atoms with Crippen LogP contribution in [0.2, 0.25) is 5.02 Å². The minimum Gasteiger partial charge on any atom is -0.494 e. The van der Waals surface area contributed by atoms with Gasteiger partial charge in [-0.3, -0.25) is 9.59 Å². The van der Waals surface area contributed by atoms with Crippen molar-refractivity contribution in [2.45, 2.75) is 19.8 Å². The number of thiophene rings is 1. The van der Waals surface area contributed by atoms with Gasteiger partial charge >= 0.3 is 5.97 Å². The molecule has 200 valence electrons. The van der Waals surface area contributed by atoms with Crippen LogP contribution in [0.25, 0.3) is 10.1 Å². The van der Waals surface area contributed by atoms with Crippen LogP contribution >= 0.6 is 22.9 Å². The first-order valence-electron chi connectivity index (χ1n) is 12.3. The summed E-state index contributed by atoms with van der Waals surface area (Å²) in [7, 11) is 0. The maximum Gasteiger partial charge on any atom is 0.355 e. The lowest BCUT2D eigenvalue weighted by Crippen LogP contribution is -2.34. The van der Waals surface area contributed by atoms with Gasteiger partial charge in [-0.15, -0.1) is 11.3 Å². The first kappa shape index (κ1) is 27.8. The zero-order valence-corrected chi connectivity index (χ0v) is 22.7. The number of carbonyl (C=O) groups excluding carboxylic acids is 3. The normalized spacial score (nSPS) is 10.9. The summed E-state index contributed by atoms with van der Waals surface area (Å²) in [5.41, 5.74) is 3.22. The van der Waals surface area contributed by atoms with Crippen molar-refractivity contribution < 1.29 is 23.9 Å². The third kappa shape index (κ3) is 7.43. The van der Waals surface area contributed by atoms with Crippen LogP contribution < -0.4 is 20.2 Å². The van der Waals surface area contributed by atoms with Crippen molar-refractivity contribution in [2.24, 2.45) is 5.10 Å². The molecule has 0 saturated carbocycles. The lowest BCUT2D eigenvalue weighted by Gasteiger charge is -2.08. The number of hydrogen-bond donors (Lipinski definition) is 2. The molecule has 0 radical (unpaired) electrons. The molecule has 0 atom stereocenters. The SMILES string of the molecule is CCCCOc1ccc(C(=O)NCC(=O)NN=Cc2ccccc2OC(=O)c2sc3ccccc3c2Cl)cc1. The second-order valence-corrected chi connectivity index (χ2v) is 9.80. The zero-order valence-electron chi connectivity index (χ0n) is 21.1. The lowest BCUT2D eigenvalue weighted by molar-refractivity contribution is -0.120. The van der Waals surface area contributed by atoms with Crippen LogP contribution in [0.1, 0.15) is 45.4 Å². The fourth-order valence-electron chi connectivity index (χ4n) is 3.48. The van der Waals surface area contributed by atoms with Gasteiger partial charge in [-0.05, 0) is 48.9 Å². The van der Waals surface area contributed by atoms with E-state index in [9.17, 15) is 14.4 Å². The number of unbranched alkanes of at least 4 members (excludes halogenated alkanes) is 1. The van der Waals surface area contributed by atoms with E-state index in [1.807, 2.05) is 24.3 Å². The van der Waals surface area contributed by atoms with Gasteiger partial charge in [-0.1, -0.05) is 55.3 Å². The molecule has 0 aliphatic rings. The largest absolute Gasteiger partial charge is 0.494 e. The van der Waals surface area contributed by atoms with Gasteiger partial charge in [0, 0.05) is 21.2 Å². The number of ether oxygens (including phenoxy) is 2. The number of fused-ring (bicyclic) bond motifs is 1. The van der Waals surface area contributed by atoms with E-state index in [1.54, 1.807) is 48.5 Å². The van der Waals surface area contributed by atoms with Crippen molar-refractivity contribution in [2.75, 3.05) is 13.2 Å². The quantitative estimate of drug-likeness (QED) is 0.0784. The Morgan fingerprint density at radius 1 is 1.00 bits per heavy atom. The second-order valence-electron chi connectivity index (χ2n) is 8.37. The van der Waals surface area contributed by atoms with Gasteiger partial charge < -0.3 is 14.8 Å². The Bertz CT molecular complexity index is 1500. The highest BCUT2D eigenvalue weighted by Crippen LogP contribution is 2.36. The van der Waals surface area contributed by atoms with E-state index >= 15 is 0 Å². The van der Waals surface area contributed by atoms with E-state index in [-0.39, 0.29) is 12.3 Å². The second kappa shape index (κ2) is 13.5. The van der Waals surface area contributed by atoms with Crippen molar-refractivity contribution in [3.63, 3.8) is 0 Å². The van der Waals surface area contributed by atoms with Crippen LogP contribution in [-0.4, -0.2) is 37.1 Å². The van der Waals surface area contributed by atoms with Crippen LogP contribution in [0.4, 0.5) is 0 Å². The molecule has 0 fully saturated rings. The van der Waals surface area contributed by atoms with Crippen LogP contribution in [0.5, 0.6) is 11.5 Å². The molecule has 3 aromatic carbocycles. The fraction of sp³-hybridized carbons (Fsp3) is 0.172. The van der Waals surface area contributed by atoms with E-state index in [0.29, 0.717) is 33.4 Å². The molecule has 0 spiro atoms. The van der Waals surface area contributed by atoms with Crippen molar-refractivity contribution in [1.29, 1.82) is 0 Å². The lowest BCUT2D eigenvalue weighted by atomic mass is 10.2. The molecule has 0 saturated heterocycles. The molecule has 2 amide bonds. The van der Waals surface area contributed by atoms with Crippen molar-refractivity contribution in [3.8, 4) is 11.5 Å². The fourth-order valence-corrected chi connectivity index (χ4v) is 4.87. The Morgan fingerprint density at radius 3 is 2.51 bits per heavy atom. The minimum atomic E-state index is -0.589. The van der Waals surface area contributed by atoms with E-state index in [0.717, 1.165) is 22.9 Å². The Hall–Kier alpha value is -4.21. The number of nitrogens with zero attached hydrogens (tertiary/aromatic N) is 1. The molecule has 1 heterocycles. The number of nitrogens with one attached hydrogen (secondary N) is 2. The van der Waals surface area contributed by atoms with E-state index in [4.69, 9.17) is 21.1 Å². The van der Waals surface area contributed by atoms with Crippen molar-refractivity contribution in [3.05, 3.63) is 93.8 Å². The Labute approximate surface area is 234 Å². The van der Waals surface area contributed by atoms with E-state index in [2.05, 4.69) is 22.8 Å². The summed E-state index contributed by atoms with van der Waals surface area (Å²) >= 11 is 7.65. The maximum absolute atomic E-state index is 12.8. The molecule has 0 aliphatic carbocycles. The van der Waals surface area contributed by atoms with Crippen LogP contribution in [0.15, 0.2) is 77.9 Å². The number of halogens is 1. The average molecular weight is 564 g/mol. The smallest absolute Gasteiger partial charge is 0.355 e. The summed E-state index contributed by atoms with van der Waals surface area (Å²) in [6.45, 7) is 2.43. The monoisotopic (exact) mass is 563 g/mol. The van der Waals surface area contributed by atoms with Gasteiger partial charge in [0.15, 0.2) is 0 Å². The molecule has 0 unspecified atom stereocenters. The van der Waals surface area contributed by atoms with Crippen molar-refractivity contribution in [1.82, 2.24) is 10.7 Å². The van der Waals surface area contributed by atoms with Gasteiger partial charge in [0.05, 0.1) is 24.4 Å². The number of amides is 2. The molecular weight excluding hydrogens is 538 g/mol. The highest BCUT2D eigenvalue weighted by molar-refractivity contribution is 7.21. The molecule has 4 rings (SSSR count). The van der Waals surface area contributed by atoms with Gasteiger partial charge in [0.1, 0.15) is 16.4 Å². The Balaban J connectivity index is 1.29. The summed E-state index contributed by atoms with van der Waals surface area (Å²) in [4.78, 5) is 37.6. The van der Waals surface area contributed by atoms with Crippen LogP contribution in [0, 0.1) is 0 Å². The number of benzene rings is 3. The molecule has 10 heteroatoms. The number of hydrogen-bond acceptors (Lipinski definition) is 7. The highest BCUT2D eigenvalue weighted by Gasteiger charge is 2.19. The van der Waals surface area contributed by atoms with Crippen LogP contribution in [-0.2, 0) is 4.79 Å². The van der Waals surface area contributed by atoms with Gasteiger partial charge in [-0.25, -0.2) is 10.2 Å². The highest BCUT2D eigenvalue weighted by atomic mass is 35.5. The van der Waals surface area contributed by atoms with Gasteiger partial charge in [-0.2, -0.15) is 5.10 Å². The average Bonchev–Trinajstić information content (AvgIpc) is 3.29. The number of rotatable bonds is 11. The predicted molar refractivity (Wildman–Crippen MR) is 153 cm³/mol. The standard InChI is InChI=1S/C29H26ClN3O5S/c1-2-3-16-37-21-14-12-19(13-15-21)28(35)31-18-25(34)33-32-17-20-8-4-6-10-23(20)38-29(36)27-26(30)22-9-5-7-11-24(22)39-27/h4-15,17H,2-3,16,18H2,1H3,(H,31,35)(H,33,34). The number of esters is 1. The molecule has 1 aromatic heterocycles. The van der Waals surface area contributed by atoms with Gasteiger partial charge in [0.2, 0.25) is 0 Å². The third-order valence-electron chi connectivity index (χ3n) is 5.53. The van der Waals surface area contributed by atoms with Gasteiger partial charge in [0.25, 0.3) is 11.8 Å². The number of hydrazone groups is 1. The third-order valence-corrected chi connectivity index (χ3v) is 7.18. The molecule has 0 bridgehead atoms. The summed E-state index contributed by atoms with van der Waals surface area (Å²) in [5, 5.41) is 7.60. The summed E-state index contributed by atoms with van der Waals surface area (Å²) in [6.07, 6.45) is 3.35. The zero-order chi connectivity index (χ0) is 27.6. The Morgan fingerprint density at radius 2 is 1.74 bits per heavy atom. The molecule has 0 aliphatic heterocycles. The minimum absolute atomic E-state index is 0.254. The molecular formula is C29H26ClN3O5S. The summed E-state index contributed by atoms with van der Waals surface area (Å²) < 4.78 is 12.0.